The summed E-state index contributed by atoms with van der Waals surface area (Å²) in [6, 6.07) is 7.35. The Morgan fingerprint density at radius 3 is 2.10 bits per heavy atom. The molecule has 0 atom stereocenters. The Morgan fingerprint density at radius 2 is 1.52 bits per heavy atom. The highest BCUT2D eigenvalue weighted by atomic mass is 16.3. The van der Waals surface area contributed by atoms with Crippen molar-refractivity contribution in [3.63, 3.8) is 0 Å². The van der Waals surface area contributed by atoms with Gasteiger partial charge in [0.15, 0.2) is 0 Å². The first kappa shape index (κ1) is 15.2. The molecule has 0 heterocycles. The molecular weight excluding hydrogens is 264 g/mol. The molecule has 2 aromatic rings. The number of phenolic OH excluding ortho intramolecular Hbond substituents is 3. The average molecular weight is 286 g/mol. The molecule has 2 aromatic carbocycles. The van der Waals surface area contributed by atoms with Crippen LogP contribution in [0.1, 0.15) is 37.5 Å². The van der Waals surface area contributed by atoms with Crippen molar-refractivity contribution in [2.24, 2.45) is 0 Å². The molecule has 0 saturated heterocycles. The number of aromatic hydroxyl groups is 3. The van der Waals surface area contributed by atoms with Crippen LogP contribution in [-0.2, 0) is 19.3 Å². The van der Waals surface area contributed by atoms with E-state index in [9.17, 15) is 15.3 Å². The molecule has 0 aliphatic heterocycles. The van der Waals surface area contributed by atoms with E-state index in [2.05, 4.69) is 13.0 Å². The van der Waals surface area contributed by atoms with Gasteiger partial charge >= 0.3 is 0 Å². The van der Waals surface area contributed by atoms with E-state index in [1.807, 2.05) is 26.0 Å². The number of aryl methyl sites for hydroxylation is 2. The molecule has 0 aliphatic rings. The summed E-state index contributed by atoms with van der Waals surface area (Å²) in [5.74, 6) is -0.199. The number of benzene rings is 2. The minimum absolute atomic E-state index is 0.0334. The second-order valence-electron chi connectivity index (χ2n) is 5.17. The summed E-state index contributed by atoms with van der Waals surface area (Å²) in [7, 11) is 0. The summed E-state index contributed by atoms with van der Waals surface area (Å²) >= 11 is 0. The van der Waals surface area contributed by atoms with E-state index in [1.165, 1.54) is 11.6 Å². The van der Waals surface area contributed by atoms with Gasteiger partial charge in [0, 0.05) is 11.6 Å². The molecule has 3 N–H and O–H groups in total. The standard InChI is InChI=1S/C18H22O3/c1-4-11-7-8-14(12(5-2)9-11)17-16(20)10-15(19)13(6-3)18(17)21/h7-10,19-21H,4-6H2,1-3H3. The molecule has 0 aromatic heterocycles. The molecule has 0 bridgehead atoms. The average Bonchev–Trinajstić information content (AvgIpc) is 2.47. The van der Waals surface area contributed by atoms with Crippen LogP contribution in [0, 0.1) is 0 Å². The zero-order valence-corrected chi connectivity index (χ0v) is 12.8. The van der Waals surface area contributed by atoms with Crippen molar-refractivity contribution in [3.05, 3.63) is 41.0 Å². The minimum Gasteiger partial charge on any atom is -0.507 e. The highest BCUT2D eigenvalue weighted by Gasteiger charge is 2.19. The first-order valence-corrected chi connectivity index (χ1v) is 7.42. The van der Waals surface area contributed by atoms with Crippen molar-refractivity contribution in [2.45, 2.75) is 40.0 Å². The normalized spacial score (nSPS) is 10.8. The zero-order chi connectivity index (χ0) is 15.6. The van der Waals surface area contributed by atoms with Crippen LogP contribution in [0.25, 0.3) is 11.1 Å². The van der Waals surface area contributed by atoms with E-state index in [-0.39, 0.29) is 17.2 Å². The molecule has 21 heavy (non-hydrogen) atoms. The lowest BCUT2D eigenvalue weighted by Gasteiger charge is -2.16. The topological polar surface area (TPSA) is 60.7 Å². The van der Waals surface area contributed by atoms with E-state index >= 15 is 0 Å². The van der Waals surface area contributed by atoms with Crippen molar-refractivity contribution in [2.75, 3.05) is 0 Å². The fourth-order valence-electron chi connectivity index (χ4n) is 2.70. The van der Waals surface area contributed by atoms with Gasteiger partial charge in [-0.15, -0.1) is 0 Å². The van der Waals surface area contributed by atoms with Crippen molar-refractivity contribution in [1.82, 2.24) is 0 Å². The summed E-state index contributed by atoms with van der Waals surface area (Å²) < 4.78 is 0. The van der Waals surface area contributed by atoms with E-state index in [1.54, 1.807) is 0 Å². The quantitative estimate of drug-likeness (QED) is 0.791. The first-order chi connectivity index (χ1) is 10.0. The lowest BCUT2D eigenvalue weighted by atomic mass is 9.92. The molecule has 0 fully saturated rings. The summed E-state index contributed by atoms with van der Waals surface area (Å²) in [6.45, 7) is 6.00. The van der Waals surface area contributed by atoms with E-state index in [4.69, 9.17) is 0 Å². The van der Waals surface area contributed by atoms with Crippen LogP contribution < -0.4 is 0 Å². The van der Waals surface area contributed by atoms with Crippen molar-refractivity contribution >= 4 is 0 Å². The Hall–Kier alpha value is -2.16. The van der Waals surface area contributed by atoms with Gasteiger partial charge in [-0.2, -0.15) is 0 Å². The van der Waals surface area contributed by atoms with Gasteiger partial charge in [-0.1, -0.05) is 39.0 Å². The van der Waals surface area contributed by atoms with Crippen LogP contribution in [0.5, 0.6) is 17.2 Å². The molecule has 0 aliphatic carbocycles. The van der Waals surface area contributed by atoms with Crippen LogP contribution in [0.4, 0.5) is 0 Å². The molecule has 112 valence electrons. The summed E-state index contributed by atoms with van der Waals surface area (Å²) in [5, 5.41) is 30.4. The van der Waals surface area contributed by atoms with Gasteiger partial charge in [-0.05, 0) is 36.0 Å². The SMILES string of the molecule is CCc1ccc(-c2c(O)cc(O)c(CC)c2O)c(CC)c1. The fraction of sp³-hybridized carbons (Fsp3) is 0.333. The molecule has 0 radical (unpaired) electrons. The minimum atomic E-state index is -0.0962. The first-order valence-electron chi connectivity index (χ1n) is 7.42. The molecular formula is C18H22O3. The van der Waals surface area contributed by atoms with E-state index in [0.29, 0.717) is 17.5 Å². The van der Waals surface area contributed by atoms with Gasteiger partial charge < -0.3 is 15.3 Å². The third kappa shape index (κ3) is 2.68. The van der Waals surface area contributed by atoms with Crippen molar-refractivity contribution in [1.29, 1.82) is 0 Å². The third-order valence-electron chi connectivity index (χ3n) is 3.94. The molecule has 0 saturated carbocycles. The van der Waals surface area contributed by atoms with Crippen LogP contribution in [0.15, 0.2) is 24.3 Å². The van der Waals surface area contributed by atoms with Gasteiger partial charge in [0.1, 0.15) is 17.2 Å². The number of hydrogen-bond donors (Lipinski definition) is 3. The fourth-order valence-corrected chi connectivity index (χ4v) is 2.70. The Morgan fingerprint density at radius 1 is 0.810 bits per heavy atom. The predicted octanol–water partition coefficient (Wildman–Crippen LogP) is 4.16. The Labute approximate surface area is 125 Å². The van der Waals surface area contributed by atoms with Gasteiger partial charge in [-0.3, -0.25) is 0 Å². The maximum Gasteiger partial charge on any atom is 0.134 e. The van der Waals surface area contributed by atoms with Crippen LogP contribution in [0.3, 0.4) is 0 Å². The number of hydrogen-bond acceptors (Lipinski definition) is 3. The lowest BCUT2D eigenvalue weighted by molar-refractivity contribution is 0.422. The van der Waals surface area contributed by atoms with Gasteiger partial charge in [0.05, 0.1) is 5.56 Å². The monoisotopic (exact) mass is 286 g/mol. The second-order valence-corrected chi connectivity index (χ2v) is 5.17. The molecule has 0 spiro atoms. The van der Waals surface area contributed by atoms with E-state index in [0.717, 1.165) is 24.0 Å². The smallest absolute Gasteiger partial charge is 0.134 e. The molecule has 2 rings (SSSR count). The van der Waals surface area contributed by atoms with Gasteiger partial charge in [0.25, 0.3) is 0 Å². The van der Waals surface area contributed by atoms with Crippen molar-refractivity contribution in [3.8, 4) is 28.4 Å². The highest BCUT2D eigenvalue weighted by molar-refractivity contribution is 5.81. The molecule has 3 heteroatoms. The molecule has 0 amide bonds. The summed E-state index contributed by atoms with van der Waals surface area (Å²) in [4.78, 5) is 0. The molecule has 0 unspecified atom stereocenters. The third-order valence-corrected chi connectivity index (χ3v) is 3.94. The Kier molecular flexibility index (Phi) is 4.41. The maximum atomic E-state index is 10.4. The van der Waals surface area contributed by atoms with E-state index < -0.39 is 0 Å². The Bertz CT molecular complexity index is 660. The van der Waals surface area contributed by atoms with Gasteiger partial charge in [-0.25, -0.2) is 0 Å². The largest absolute Gasteiger partial charge is 0.507 e. The Balaban J connectivity index is 2.72. The van der Waals surface area contributed by atoms with Crippen molar-refractivity contribution < 1.29 is 15.3 Å². The van der Waals surface area contributed by atoms with Crippen LogP contribution >= 0.6 is 0 Å². The second kappa shape index (κ2) is 6.08. The molecule has 3 nitrogen and oxygen atoms in total. The zero-order valence-electron chi connectivity index (χ0n) is 12.8. The van der Waals surface area contributed by atoms with Crippen LogP contribution in [-0.4, -0.2) is 15.3 Å². The lowest BCUT2D eigenvalue weighted by Crippen LogP contribution is -1.94. The predicted molar refractivity (Wildman–Crippen MR) is 85.0 cm³/mol. The number of phenols is 3. The summed E-state index contributed by atoms with van der Waals surface area (Å²) in [6.07, 6.45) is 2.25. The summed E-state index contributed by atoms with van der Waals surface area (Å²) in [5.41, 5.74) is 3.99. The number of rotatable bonds is 4. The van der Waals surface area contributed by atoms with Crippen LogP contribution in [0.2, 0.25) is 0 Å². The maximum absolute atomic E-state index is 10.4. The highest BCUT2D eigenvalue weighted by Crippen LogP contribution is 2.45. The van der Waals surface area contributed by atoms with Gasteiger partial charge in [0.2, 0.25) is 0 Å².